The highest BCUT2D eigenvalue weighted by atomic mass is 19.1. The highest BCUT2D eigenvalue weighted by molar-refractivity contribution is 6.06. The Morgan fingerprint density at radius 1 is 1.32 bits per heavy atom. The number of anilines is 2. The van der Waals surface area contributed by atoms with Crippen LogP contribution in [0.1, 0.15) is 24.3 Å². The Kier molecular flexibility index (Phi) is 3.79. The summed E-state index contributed by atoms with van der Waals surface area (Å²) in [7, 11) is 0. The van der Waals surface area contributed by atoms with Crippen LogP contribution < -0.4 is 10.6 Å². The van der Waals surface area contributed by atoms with Crippen LogP contribution >= 0.6 is 0 Å². The Morgan fingerprint density at radius 3 is 2.63 bits per heavy atom. The third-order valence-corrected chi connectivity index (χ3v) is 2.41. The molecule has 0 aliphatic heterocycles. The van der Waals surface area contributed by atoms with E-state index in [1.165, 1.54) is 24.3 Å². The van der Waals surface area contributed by atoms with Crippen molar-refractivity contribution in [3.8, 4) is 0 Å². The molecule has 0 radical (unpaired) electrons. The topological polar surface area (TPSA) is 69.8 Å². The van der Waals surface area contributed by atoms with Crippen molar-refractivity contribution >= 4 is 17.3 Å². The summed E-state index contributed by atoms with van der Waals surface area (Å²) in [5, 5.41) is 12.3. The van der Waals surface area contributed by atoms with E-state index < -0.39 is 0 Å². The number of hydrogen-bond donors (Lipinski definition) is 3. The van der Waals surface area contributed by atoms with Crippen LogP contribution in [-0.4, -0.2) is 22.1 Å². The van der Waals surface area contributed by atoms with Gasteiger partial charge in [0.15, 0.2) is 0 Å². The van der Waals surface area contributed by atoms with E-state index >= 15 is 0 Å². The van der Waals surface area contributed by atoms with Crippen LogP contribution in [0.15, 0.2) is 30.5 Å². The molecule has 1 heterocycles. The molecule has 0 saturated carbocycles. The molecule has 6 heteroatoms. The molecule has 2 aromatic rings. The van der Waals surface area contributed by atoms with Gasteiger partial charge < -0.3 is 10.6 Å². The Balaban J connectivity index is 2.11. The minimum atomic E-state index is -0.346. The van der Waals surface area contributed by atoms with Gasteiger partial charge in [-0.15, -0.1) is 0 Å². The fourth-order valence-electron chi connectivity index (χ4n) is 1.61. The van der Waals surface area contributed by atoms with Crippen molar-refractivity contribution in [1.29, 1.82) is 0 Å². The maximum absolute atomic E-state index is 12.8. The monoisotopic (exact) mass is 262 g/mol. The lowest BCUT2D eigenvalue weighted by atomic mass is 10.2. The zero-order valence-corrected chi connectivity index (χ0v) is 10.7. The summed E-state index contributed by atoms with van der Waals surface area (Å²) in [6.07, 6.45) is 1.56. The number of H-pyrrole nitrogens is 1. The molecule has 5 nitrogen and oxygen atoms in total. The molecule has 0 aliphatic rings. The number of carbonyl (C=O) groups is 1. The van der Waals surface area contributed by atoms with E-state index in [0.717, 1.165) is 0 Å². The largest absolute Gasteiger partial charge is 0.380 e. The van der Waals surface area contributed by atoms with E-state index in [9.17, 15) is 9.18 Å². The van der Waals surface area contributed by atoms with E-state index in [1.54, 1.807) is 6.20 Å². The molecule has 0 bridgehead atoms. The number of nitrogens with zero attached hydrogens (tertiary/aromatic N) is 1. The van der Waals surface area contributed by atoms with Gasteiger partial charge in [-0.05, 0) is 38.1 Å². The highest BCUT2D eigenvalue weighted by Crippen LogP contribution is 2.15. The smallest absolute Gasteiger partial charge is 0.275 e. The van der Waals surface area contributed by atoms with Gasteiger partial charge in [0.05, 0.1) is 11.9 Å². The van der Waals surface area contributed by atoms with Gasteiger partial charge in [-0.3, -0.25) is 9.89 Å². The van der Waals surface area contributed by atoms with Gasteiger partial charge in [0.2, 0.25) is 0 Å². The van der Waals surface area contributed by atoms with Crippen molar-refractivity contribution < 1.29 is 9.18 Å². The second-order valence-electron chi connectivity index (χ2n) is 4.42. The molecular formula is C13H15FN4O. The summed E-state index contributed by atoms with van der Waals surface area (Å²) in [5.41, 5.74) is 1.50. The van der Waals surface area contributed by atoms with Gasteiger partial charge in [0.25, 0.3) is 5.91 Å². The summed E-state index contributed by atoms with van der Waals surface area (Å²) in [6, 6.07) is 5.76. The van der Waals surface area contributed by atoms with Crippen LogP contribution in [0.5, 0.6) is 0 Å². The number of carbonyl (C=O) groups excluding carboxylic acids is 1. The molecule has 100 valence electrons. The first kappa shape index (κ1) is 13.1. The van der Waals surface area contributed by atoms with Crippen LogP contribution in [0.3, 0.4) is 0 Å². The van der Waals surface area contributed by atoms with Gasteiger partial charge in [0, 0.05) is 11.7 Å². The molecule has 0 fully saturated rings. The van der Waals surface area contributed by atoms with Crippen LogP contribution in [0.2, 0.25) is 0 Å². The first-order valence-electron chi connectivity index (χ1n) is 5.93. The van der Waals surface area contributed by atoms with Crippen molar-refractivity contribution in [2.75, 3.05) is 10.6 Å². The Labute approximate surface area is 110 Å². The second kappa shape index (κ2) is 5.51. The number of hydrogen-bond acceptors (Lipinski definition) is 3. The van der Waals surface area contributed by atoms with Crippen molar-refractivity contribution in [2.45, 2.75) is 19.9 Å². The Morgan fingerprint density at radius 2 is 2.00 bits per heavy atom. The number of rotatable bonds is 4. The molecule has 3 N–H and O–H groups in total. The minimum absolute atomic E-state index is 0.190. The van der Waals surface area contributed by atoms with Crippen molar-refractivity contribution in [1.82, 2.24) is 10.2 Å². The SMILES string of the molecule is CC(C)Nc1cn[nH]c1C(=O)Nc1ccc(F)cc1. The number of aromatic amines is 1. The predicted octanol–water partition coefficient (Wildman–Crippen LogP) is 2.62. The van der Waals surface area contributed by atoms with Crippen LogP contribution in [0.4, 0.5) is 15.8 Å². The summed E-state index contributed by atoms with van der Waals surface area (Å²) >= 11 is 0. The molecule has 0 saturated heterocycles. The molecule has 1 amide bonds. The maximum Gasteiger partial charge on any atom is 0.275 e. The molecule has 0 unspecified atom stereocenters. The summed E-state index contributed by atoms with van der Waals surface area (Å²) in [6.45, 7) is 3.93. The standard InChI is InChI=1S/C13H15FN4O/c1-8(2)16-11-7-15-18-12(11)13(19)17-10-5-3-9(14)4-6-10/h3-8,16H,1-2H3,(H,15,18)(H,17,19). The Bertz CT molecular complexity index is 562. The fraction of sp³-hybridized carbons (Fsp3) is 0.231. The van der Waals surface area contributed by atoms with E-state index in [-0.39, 0.29) is 17.8 Å². The molecule has 1 aromatic carbocycles. The van der Waals surface area contributed by atoms with Gasteiger partial charge in [0.1, 0.15) is 11.5 Å². The number of aromatic nitrogens is 2. The molecule has 0 aliphatic carbocycles. The number of benzene rings is 1. The lowest BCUT2D eigenvalue weighted by Gasteiger charge is -2.10. The van der Waals surface area contributed by atoms with Crippen molar-refractivity contribution in [2.24, 2.45) is 0 Å². The Hall–Kier alpha value is -2.37. The molecule has 1 aromatic heterocycles. The zero-order chi connectivity index (χ0) is 13.8. The third-order valence-electron chi connectivity index (χ3n) is 2.41. The highest BCUT2D eigenvalue weighted by Gasteiger charge is 2.14. The quantitative estimate of drug-likeness (QED) is 0.793. The van der Waals surface area contributed by atoms with E-state index in [4.69, 9.17) is 0 Å². The zero-order valence-electron chi connectivity index (χ0n) is 10.7. The average molecular weight is 262 g/mol. The molecule has 2 rings (SSSR count). The summed E-state index contributed by atoms with van der Waals surface area (Å²) < 4.78 is 12.8. The van der Waals surface area contributed by atoms with Gasteiger partial charge in [-0.25, -0.2) is 4.39 Å². The first-order valence-corrected chi connectivity index (χ1v) is 5.93. The lowest BCUT2D eigenvalue weighted by Crippen LogP contribution is -2.17. The molecular weight excluding hydrogens is 247 g/mol. The summed E-state index contributed by atoms with van der Waals surface area (Å²) in [4.78, 5) is 12.0. The van der Waals surface area contributed by atoms with Crippen molar-refractivity contribution in [3.05, 3.63) is 42.0 Å². The normalized spacial score (nSPS) is 10.5. The first-order chi connectivity index (χ1) is 9.06. The van der Waals surface area contributed by atoms with E-state index in [0.29, 0.717) is 17.1 Å². The predicted molar refractivity (Wildman–Crippen MR) is 71.7 cm³/mol. The molecule has 0 atom stereocenters. The van der Waals surface area contributed by atoms with Crippen LogP contribution in [0.25, 0.3) is 0 Å². The minimum Gasteiger partial charge on any atom is -0.380 e. The van der Waals surface area contributed by atoms with Gasteiger partial charge in [-0.1, -0.05) is 0 Å². The number of nitrogens with one attached hydrogen (secondary N) is 3. The van der Waals surface area contributed by atoms with Crippen LogP contribution in [-0.2, 0) is 0 Å². The number of amides is 1. The second-order valence-corrected chi connectivity index (χ2v) is 4.42. The van der Waals surface area contributed by atoms with E-state index in [1.807, 2.05) is 13.8 Å². The van der Waals surface area contributed by atoms with Gasteiger partial charge >= 0.3 is 0 Å². The fourth-order valence-corrected chi connectivity index (χ4v) is 1.61. The summed E-state index contributed by atoms with van der Waals surface area (Å²) in [5.74, 6) is -0.672. The third kappa shape index (κ3) is 3.31. The van der Waals surface area contributed by atoms with Crippen LogP contribution in [0, 0.1) is 5.82 Å². The molecule has 19 heavy (non-hydrogen) atoms. The van der Waals surface area contributed by atoms with Crippen molar-refractivity contribution in [3.63, 3.8) is 0 Å². The molecule has 0 spiro atoms. The van der Waals surface area contributed by atoms with E-state index in [2.05, 4.69) is 20.8 Å². The maximum atomic E-state index is 12.8. The lowest BCUT2D eigenvalue weighted by molar-refractivity contribution is 0.102. The van der Waals surface area contributed by atoms with Gasteiger partial charge in [-0.2, -0.15) is 5.10 Å². The number of halogens is 1. The average Bonchev–Trinajstić information content (AvgIpc) is 2.79.